The van der Waals surface area contributed by atoms with Gasteiger partial charge in [0.15, 0.2) is 5.84 Å². The third-order valence-electron chi connectivity index (χ3n) is 2.75. The summed E-state index contributed by atoms with van der Waals surface area (Å²) in [6, 6.07) is 10.2. The molecule has 0 spiro atoms. The Morgan fingerprint density at radius 1 is 1.30 bits per heavy atom. The fourth-order valence-electron chi connectivity index (χ4n) is 1.63. The largest absolute Gasteiger partial charge is 0.409 e. The van der Waals surface area contributed by atoms with Gasteiger partial charge in [0.25, 0.3) is 5.91 Å². The van der Waals surface area contributed by atoms with Crippen LogP contribution < -0.4 is 10.6 Å². The Morgan fingerprint density at radius 3 is 2.45 bits per heavy atom. The fourth-order valence-corrected chi connectivity index (χ4v) is 2.64. The number of rotatable bonds is 3. The molecular weight excluding hydrogens is 298 g/mol. The second-order valence-corrected chi connectivity index (χ2v) is 5.72. The van der Waals surface area contributed by atoms with E-state index in [2.05, 4.69) is 5.16 Å². The van der Waals surface area contributed by atoms with Crippen LogP contribution in [0.2, 0.25) is 4.34 Å². The molecule has 1 aromatic heterocycles. The molecule has 0 bridgehead atoms. The molecule has 0 atom stereocenters. The molecule has 0 fully saturated rings. The minimum atomic E-state index is -0.140. The summed E-state index contributed by atoms with van der Waals surface area (Å²) in [4.78, 5) is 14.3. The molecule has 0 saturated carbocycles. The molecule has 0 radical (unpaired) electrons. The first-order valence-corrected chi connectivity index (χ1v) is 6.83. The van der Waals surface area contributed by atoms with Crippen LogP contribution in [0, 0.1) is 0 Å². The number of hydrogen-bond acceptors (Lipinski definition) is 4. The van der Waals surface area contributed by atoms with E-state index >= 15 is 0 Å². The van der Waals surface area contributed by atoms with Gasteiger partial charge in [-0.15, -0.1) is 11.3 Å². The number of nitrogens with two attached hydrogens (primary N) is 1. The second-order valence-electron chi connectivity index (χ2n) is 4.00. The van der Waals surface area contributed by atoms with Crippen molar-refractivity contribution in [1.82, 2.24) is 0 Å². The third-order valence-corrected chi connectivity index (χ3v) is 3.97. The number of nitrogens with zero attached hydrogens (tertiary/aromatic N) is 2. The lowest BCUT2D eigenvalue weighted by atomic mass is 10.2. The van der Waals surface area contributed by atoms with Gasteiger partial charge in [0.05, 0.1) is 9.21 Å². The number of anilines is 1. The van der Waals surface area contributed by atoms with Crippen LogP contribution in [0.25, 0.3) is 0 Å². The molecule has 1 amide bonds. The Bertz CT molecular complexity index is 652. The van der Waals surface area contributed by atoms with Gasteiger partial charge < -0.3 is 15.8 Å². The zero-order chi connectivity index (χ0) is 14.7. The van der Waals surface area contributed by atoms with Gasteiger partial charge in [0.1, 0.15) is 0 Å². The lowest BCUT2D eigenvalue weighted by molar-refractivity contribution is 0.0997. The van der Waals surface area contributed by atoms with Gasteiger partial charge in [0, 0.05) is 18.3 Å². The summed E-state index contributed by atoms with van der Waals surface area (Å²) in [5, 5.41) is 11.5. The van der Waals surface area contributed by atoms with Crippen molar-refractivity contribution < 1.29 is 10.0 Å². The van der Waals surface area contributed by atoms with Crippen LogP contribution >= 0.6 is 22.9 Å². The number of amides is 1. The molecule has 2 rings (SSSR count). The van der Waals surface area contributed by atoms with Crippen LogP contribution in [0.3, 0.4) is 0 Å². The number of amidine groups is 1. The number of thiophene rings is 1. The fraction of sp³-hybridized carbons (Fsp3) is 0.0769. The number of benzene rings is 1. The molecule has 20 heavy (non-hydrogen) atoms. The molecule has 0 aliphatic carbocycles. The smallest absolute Gasteiger partial charge is 0.268 e. The van der Waals surface area contributed by atoms with E-state index in [4.69, 9.17) is 22.5 Å². The zero-order valence-corrected chi connectivity index (χ0v) is 12.1. The Labute approximate surface area is 124 Å². The average Bonchev–Trinajstić information content (AvgIpc) is 2.91. The first kappa shape index (κ1) is 14.4. The molecule has 0 aliphatic heterocycles. The number of carbonyl (C=O) groups is 1. The van der Waals surface area contributed by atoms with Gasteiger partial charge in [0.2, 0.25) is 0 Å². The minimum absolute atomic E-state index is 0.0237. The van der Waals surface area contributed by atoms with E-state index in [-0.39, 0.29) is 11.7 Å². The summed E-state index contributed by atoms with van der Waals surface area (Å²) in [6.45, 7) is 0. The highest BCUT2D eigenvalue weighted by atomic mass is 35.5. The van der Waals surface area contributed by atoms with Gasteiger partial charge in [-0.25, -0.2) is 0 Å². The van der Waals surface area contributed by atoms with E-state index in [9.17, 15) is 4.79 Å². The van der Waals surface area contributed by atoms with Gasteiger partial charge in [-0.1, -0.05) is 16.8 Å². The molecule has 3 N–H and O–H groups in total. The highest BCUT2D eigenvalue weighted by Gasteiger charge is 2.15. The quantitative estimate of drug-likeness (QED) is 0.396. The van der Waals surface area contributed by atoms with Crippen molar-refractivity contribution in [2.75, 3.05) is 11.9 Å². The molecule has 1 aromatic carbocycles. The first-order valence-electron chi connectivity index (χ1n) is 5.64. The minimum Gasteiger partial charge on any atom is -0.409 e. The van der Waals surface area contributed by atoms with Gasteiger partial charge >= 0.3 is 0 Å². The maximum Gasteiger partial charge on any atom is 0.268 e. The monoisotopic (exact) mass is 309 g/mol. The van der Waals surface area contributed by atoms with Crippen LogP contribution in [0.1, 0.15) is 15.2 Å². The predicted octanol–water partition coefficient (Wildman–Crippen LogP) is 2.77. The van der Waals surface area contributed by atoms with Crippen molar-refractivity contribution in [3.05, 3.63) is 51.2 Å². The van der Waals surface area contributed by atoms with Crippen molar-refractivity contribution in [2.24, 2.45) is 10.9 Å². The number of hydrogen-bond donors (Lipinski definition) is 2. The topological polar surface area (TPSA) is 78.9 Å². The highest BCUT2D eigenvalue weighted by Crippen LogP contribution is 2.24. The zero-order valence-electron chi connectivity index (χ0n) is 10.6. The van der Waals surface area contributed by atoms with E-state index in [1.807, 2.05) is 0 Å². The maximum atomic E-state index is 12.2. The SMILES string of the molecule is CN(C(=O)c1ccc(Cl)s1)c1ccc(C(N)=NO)cc1. The van der Waals surface area contributed by atoms with Crippen molar-refractivity contribution in [3.8, 4) is 0 Å². The van der Waals surface area contributed by atoms with E-state index in [1.54, 1.807) is 43.4 Å². The van der Waals surface area contributed by atoms with Crippen LogP contribution in [-0.2, 0) is 0 Å². The van der Waals surface area contributed by atoms with Gasteiger partial charge in [-0.3, -0.25) is 4.79 Å². The van der Waals surface area contributed by atoms with Gasteiger partial charge in [-0.2, -0.15) is 0 Å². The molecule has 0 aliphatic rings. The molecule has 2 aromatic rings. The Balaban J connectivity index is 2.21. The van der Waals surface area contributed by atoms with Crippen LogP contribution in [0.5, 0.6) is 0 Å². The van der Waals surface area contributed by atoms with Crippen LogP contribution in [0.15, 0.2) is 41.6 Å². The summed E-state index contributed by atoms with van der Waals surface area (Å²) in [5.74, 6) is -0.117. The molecule has 0 saturated heterocycles. The molecule has 104 valence electrons. The van der Waals surface area contributed by atoms with Crippen molar-refractivity contribution in [1.29, 1.82) is 0 Å². The maximum absolute atomic E-state index is 12.2. The Morgan fingerprint density at radius 2 is 1.95 bits per heavy atom. The lowest BCUT2D eigenvalue weighted by Gasteiger charge is -2.16. The molecule has 0 unspecified atom stereocenters. The van der Waals surface area contributed by atoms with E-state index in [1.165, 1.54) is 16.2 Å². The van der Waals surface area contributed by atoms with E-state index in [0.717, 1.165) is 0 Å². The summed E-state index contributed by atoms with van der Waals surface area (Å²) in [5.41, 5.74) is 6.76. The van der Waals surface area contributed by atoms with Crippen molar-refractivity contribution >= 4 is 40.4 Å². The number of oxime groups is 1. The number of halogens is 1. The van der Waals surface area contributed by atoms with Crippen molar-refractivity contribution in [3.63, 3.8) is 0 Å². The molecule has 7 heteroatoms. The average molecular weight is 310 g/mol. The molecule has 5 nitrogen and oxygen atoms in total. The van der Waals surface area contributed by atoms with Crippen LogP contribution in [-0.4, -0.2) is 24.0 Å². The second kappa shape index (κ2) is 5.94. The Hall–Kier alpha value is -2.05. The highest BCUT2D eigenvalue weighted by molar-refractivity contribution is 7.18. The first-order chi connectivity index (χ1) is 9.52. The number of carbonyl (C=O) groups excluding carboxylic acids is 1. The summed E-state index contributed by atoms with van der Waals surface area (Å²) >= 11 is 7.06. The normalized spacial score (nSPS) is 11.4. The summed E-state index contributed by atoms with van der Waals surface area (Å²) in [6.07, 6.45) is 0. The van der Waals surface area contributed by atoms with Crippen molar-refractivity contribution in [2.45, 2.75) is 0 Å². The third kappa shape index (κ3) is 2.92. The standard InChI is InChI=1S/C13H12ClN3O2S/c1-17(13(18)10-6-7-11(14)20-10)9-4-2-8(3-5-9)12(15)16-19/h2-7,19H,1H3,(H2,15,16). The lowest BCUT2D eigenvalue weighted by Crippen LogP contribution is -2.25. The summed E-state index contributed by atoms with van der Waals surface area (Å²) in [7, 11) is 1.68. The Kier molecular flexibility index (Phi) is 4.26. The van der Waals surface area contributed by atoms with Gasteiger partial charge in [-0.05, 0) is 36.4 Å². The summed E-state index contributed by atoms with van der Waals surface area (Å²) < 4.78 is 0.573. The predicted molar refractivity (Wildman–Crippen MR) is 81.0 cm³/mol. The van der Waals surface area contributed by atoms with E-state index in [0.29, 0.717) is 20.5 Å². The van der Waals surface area contributed by atoms with Crippen LogP contribution in [0.4, 0.5) is 5.69 Å². The molecule has 1 heterocycles. The molecular formula is C13H12ClN3O2S. The van der Waals surface area contributed by atoms with E-state index < -0.39 is 0 Å².